The third-order valence-electron chi connectivity index (χ3n) is 4.20. The average Bonchev–Trinajstić information content (AvgIpc) is 2.66. The van der Waals surface area contributed by atoms with Gasteiger partial charge in [-0.1, -0.05) is 37.3 Å². The Morgan fingerprint density at radius 3 is 2.42 bits per heavy atom. The standard InChI is InChI=1S/C21H26N2O3/c1-5-16-9-11-17(12-10-16)15(2)22-20(24)14-26-21(25)18-7-6-8-19(13-18)23(3)4/h6-13,15H,5,14H2,1-4H3,(H,22,24)/t15-/m1/s1. The van der Waals surface area contributed by atoms with E-state index in [4.69, 9.17) is 4.74 Å². The topological polar surface area (TPSA) is 58.6 Å². The molecule has 0 aromatic heterocycles. The smallest absolute Gasteiger partial charge is 0.338 e. The van der Waals surface area contributed by atoms with Gasteiger partial charge in [0.2, 0.25) is 0 Å². The van der Waals surface area contributed by atoms with Gasteiger partial charge in [-0.05, 0) is 42.7 Å². The zero-order chi connectivity index (χ0) is 19.1. The van der Waals surface area contributed by atoms with Crippen molar-refractivity contribution in [3.63, 3.8) is 0 Å². The van der Waals surface area contributed by atoms with Gasteiger partial charge in [0.15, 0.2) is 6.61 Å². The number of hydrogen-bond donors (Lipinski definition) is 1. The maximum Gasteiger partial charge on any atom is 0.338 e. The Kier molecular flexibility index (Phi) is 6.78. The molecule has 5 nitrogen and oxygen atoms in total. The van der Waals surface area contributed by atoms with Gasteiger partial charge in [-0.3, -0.25) is 4.79 Å². The summed E-state index contributed by atoms with van der Waals surface area (Å²) in [6, 6.07) is 15.0. The summed E-state index contributed by atoms with van der Waals surface area (Å²) < 4.78 is 5.13. The van der Waals surface area contributed by atoms with Gasteiger partial charge in [-0.2, -0.15) is 0 Å². The van der Waals surface area contributed by atoms with Crippen LogP contribution in [0.15, 0.2) is 48.5 Å². The monoisotopic (exact) mass is 354 g/mol. The maximum absolute atomic E-state index is 12.1. The van der Waals surface area contributed by atoms with Crippen molar-refractivity contribution in [3.05, 3.63) is 65.2 Å². The van der Waals surface area contributed by atoms with Crippen molar-refractivity contribution in [1.82, 2.24) is 5.32 Å². The van der Waals surface area contributed by atoms with Crippen molar-refractivity contribution in [1.29, 1.82) is 0 Å². The van der Waals surface area contributed by atoms with E-state index < -0.39 is 5.97 Å². The number of esters is 1. The summed E-state index contributed by atoms with van der Waals surface area (Å²) in [5.74, 6) is -0.835. The lowest BCUT2D eigenvalue weighted by atomic mass is 10.1. The molecule has 0 aliphatic heterocycles. The number of anilines is 1. The zero-order valence-corrected chi connectivity index (χ0v) is 15.8. The van der Waals surface area contributed by atoms with Crippen LogP contribution in [0.2, 0.25) is 0 Å². The molecule has 0 aliphatic carbocycles. The number of hydrogen-bond acceptors (Lipinski definition) is 4. The van der Waals surface area contributed by atoms with Gasteiger partial charge in [0.05, 0.1) is 11.6 Å². The first-order chi connectivity index (χ1) is 12.4. The highest BCUT2D eigenvalue weighted by Crippen LogP contribution is 2.15. The molecule has 26 heavy (non-hydrogen) atoms. The highest BCUT2D eigenvalue weighted by Gasteiger charge is 2.13. The molecule has 0 bridgehead atoms. The normalized spacial score (nSPS) is 11.5. The number of aryl methyl sites for hydroxylation is 1. The Bertz CT molecular complexity index is 754. The molecule has 2 aromatic rings. The Labute approximate surface area is 155 Å². The number of nitrogens with zero attached hydrogens (tertiary/aromatic N) is 1. The maximum atomic E-state index is 12.1. The van der Waals surface area contributed by atoms with Crippen LogP contribution in [0.3, 0.4) is 0 Å². The molecule has 0 saturated heterocycles. The van der Waals surface area contributed by atoms with E-state index >= 15 is 0 Å². The van der Waals surface area contributed by atoms with E-state index in [9.17, 15) is 9.59 Å². The van der Waals surface area contributed by atoms with Crippen LogP contribution in [0.5, 0.6) is 0 Å². The largest absolute Gasteiger partial charge is 0.452 e. The molecule has 0 fully saturated rings. The van der Waals surface area contributed by atoms with E-state index in [-0.39, 0.29) is 18.6 Å². The number of rotatable bonds is 7. The van der Waals surface area contributed by atoms with E-state index in [0.717, 1.165) is 17.7 Å². The molecule has 0 spiro atoms. The van der Waals surface area contributed by atoms with Gasteiger partial charge in [0.1, 0.15) is 0 Å². The van der Waals surface area contributed by atoms with Gasteiger partial charge < -0.3 is 15.0 Å². The number of nitrogens with one attached hydrogen (secondary N) is 1. The van der Waals surface area contributed by atoms with Gasteiger partial charge in [0, 0.05) is 19.8 Å². The number of carbonyl (C=O) groups excluding carboxylic acids is 2. The SMILES string of the molecule is CCc1ccc([C@@H](C)NC(=O)COC(=O)c2cccc(N(C)C)c2)cc1. The molecule has 1 amide bonds. The van der Waals surface area contributed by atoms with E-state index in [1.165, 1.54) is 5.56 Å². The Morgan fingerprint density at radius 2 is 1.81 bits per heavy atom. The van der Waals surface area contributed by atoms with Crippen LogP contribution in [0.1, 0.15) is 41.4 Å². The molecule has 138 valence electrons. The van der Waals surface area contributed by atoms with Crippen LogP contribution in [-0.2, 0) is 16.0 Å². The lowest BCUT2D eigenvalue weighted by molar-refractivity contribution is -0.124. The lowest BCUT2D eigenvalue weighted by Gasteiger charge is -2.15. The zero-order valence-electron chi connectivity index (χ0n) is 15.8. The van der Waals surface area contributed by atoms with E-state index in [0.29, 0.717) is 5.56 Å². The molecular formula is C21H26N2O3. The molecule has 1 N–H and O–H groups in total. The summed E-state index contributed by atoms with van der Waals surface area (Å²) in [7, 11) is 3.79. The van der Waals surface area contributed by atoms with Crippen LogP contribution < -0.4 is 10.2 Å². The Balaban J connectivity index is 1.87. The third kappa shape index (κ3) is 5.34. The summed E-state index contributed by atoms with van der Waals surface area (Å²) in [6.07, 6.45) is 0.978. The fraction of sp³-hybridized carbons (Fsp3) is 0.333. The van der Waals surface area contributed by atoms with Gasteiger partial charge in [0.25, 0.3) is 5.91 Å². The average molecular weight is 354 g/mol. The highest BCUT2D eigenvalue weighted by molar-refractivity contribution is 5.92. The van der Waals surface area contributed by atoms with Crippen LogP contribution in [0.25, 0.3) is 0 Å². The minimum absolute atomic E-state index is 0.149. The number of ether oxygens (including phenoxy) is 1. The van der Waals surface area contributed by atoms with Crippen molar-refractivity contribution in [2.75, 3.05) is 25.6 Å². The predicted octanol–water partition coefficient (Wildman–Crippen LogP) is 3.35. The van der Waals surface area contributed by atoms with Crippen LogP contribution >= 0.6 is 0 Å². The number of benzene rings is 2. The van der Waals surface area contributed by atoms with Gasteiger partial charge in [-0.15, -0.1) is 0 Å². The van der Waals surface area contributed by atoms with Crippen molar-refractivity contribution in [2.24, 2.45) is 0 Å². The van der Waals surface area contributed by atoms with Crippen LogP contribution in [0.4, 0.5) is 5.69 Å². The van der Waals surface area contributed by atoms with Crippen molar-refractivity contribution in [3.8, 4) is 0 Å². The Hall–Kier alpha value is -2.82. The van der Waals surface area contributed by atoms with Crippen molar-refractivity contribution < 1.29 is 14.3 Å². The summed E-state index contributed by atoms with van der Waals surface area (Å²) in [4.78, 5) is 26.1. The first-order valence-corrected chi connectivity index (χ1v) is 8.73. The molecule has 1 atom stereocenters. The number of amides is 1. The summed E-state index contributed by atoms with van der Waals surface area (Å²) in [5, 5.41) is 2.85. The molecule has 0 aliphatic rings. The molecule has 2 aromatic carbocycles. The molecule has 5 heteroatoms. The fourth-order valence-corrected chi connectivity index (χ4v) is 2.53. The second-order valence-corrected chi connectivity index (χ2v) is 6.41. The van der Waals surface area contributed by atoms with Gasteiger partial charge >= 0.3 is 5.97 Å². The summed E-state index contributed by atoms with van der Waals surface area (Å²) >= 11 is 0. The van der Waals surface area contributed by atoms with Crippen molar-refractivity contribution >= 4 is 17.6 Å². The Morgan fingerprint density at radius 1 is 1.12 bits per heavy atom. The highest BCUT2D eigenvalue weighted by atomic mass is 16.5. The molecular weight excluding hydrogens is 328 g/mol. The predicted molar refractivity (Wildman–Crippen MR) is 103 cm³/mol. The number of carbonyl (C=O) groups is 2. The molecule has 0 unspecified atom stereocenters. The second kappa shape index (κ2) is 9.04. The summed E-state index contributed by atoms with van der Waals surface area (Å²) in [5.41, 5.74) is 3.59. The molecule has 0 saturated carbocycles. The quantitative estimate of drug-likeness (QED) is 0.775. The van der Waals surface area contributed by atoms with Crippen molar-refractivity contribution in [2.45, 2.75) is 26.3 Å². The van der Waals surface area contributed by atoms with Crippen LogP contribution in [-0.4, -0.2) is 32.6 Å². The van der Waals surface area contributed by atoms with Gasteiger partial charge in [-0.25, -0.2) is 4.79 Å². The first-order valence-electron chi connectivity index (χ1n) is 8.73. The lowest BCUT2D eigenvalue weighted by Crippen LogP contribution is -2.31. The fourth-order valence-electron chi connectivity index (χ4n) is 2.53. The molecule has 0 radical (unpaired) electrons. The van der Waals surface area contributed by atoms with E-state index in [1.807, 2.05) is 44.1 Å². The molecule has 2 rings (SSSR count). The third-order valence-corrected chi connectivity index (χ3v) is 4.20. The van der Waals surface area contributed by atoms with Crippen LogP contribution in [0, 0.1) is 0 Å². The second-order valence-electron chi connectivity index (χ2n) is 6.41. The summed E-state index contributed by atoms with van der Waals surface area (Å²) in [6.45, 7) is 3.70. The molecule has 0 heterocycles. The van der Waals surface area contributed by atoms with E-state index in [2.05, 4.69) is 24.4 Å². The van der Waals surface area contributed by atoms with E-state index in [1.54, 1.807) is 18.2 Å². The first kappa shape index (κ1) is 19.5. The minimum atomic E-state index is -0.510. The minimum Gasteiger partial charge on any atom is -0.452 e.